The van der Waals surface area contributed by atoms with Crippen LogP contribution in [0.25, 0.3) is 0 Å². The van der Waals surface area contributed by atoms with Crippen LogP contribution in [0.1, 0.15) is 22.9 Å². The predicted molar refractivity (Wildman–Crippen MR) is 157 cm³/mol. The monoisotopic (exact) mass is 641 g/mol. The Hall–Kier alpha value is -4.92. The number of aromatic nitrogens is 2. The maximum atomic E-state index is 13.3. The summed E-state index contributed by atoms with van der Waals surface area (Å²) in [6.07, 6.45) is -9.07. The first-order chi connectivity index (χ1) is 22.0. The normalized spacial score (nSPS) is 19.9. The van der Waals surface area contributed by atoms with Crippen LogP contribution in [0.15, 0.2) is 101 Å². The van der Waals surface area contributed by atoms with Crippen LogP contribution < -0.4 is 26.0 Å². The molecule has 1 aromatic heterocycles. The van der Waals surface area contributed by atoms with Crippen LogP contribution in [0, 0.1) is 0 Å². The molecule has 242 valence electrons. The van der Waals surface area contributed by atoms with Gasteiger partial charge in [-0.2, -0.15) is 13.2 Å². The summed E-state index contributed by atoms with van der Waals surface area (Å²) < 4.78 is 63.9. The molecule has 0 unspecified atom stereocenters. The van der Waals surface area contributed by atoms with Crippen molar-refractivity contribution in [2.45, 2.75) is 36.3 Å². The van der Waals surface area contributed by atoms with Crippen molar-refractivity contribution in [3.63, 3.8) is 0 Å². The first kappa shape index (κ1) is 32.5. The van der Waals surface area contributed by atoms with Gasteiger partial charge in [0.15, 0.2) is 6.23 Å². The summed E-state index contributed by atoms with van der Waals surface area (Å²) in [6.45, 7) is -0.429. The highest BCUT2D eigenvalue weighted by Gasteiger charge is 2.50. The second kappa shape index (κ2) is 13.2. The Morgan fingerprint density at radius 1 is 0.891 bits per heavy atom. The number of rotatable bonds is 10. The number of ether oxygens (including phenoxy) is 4. The molecule has 11 nitrogen and oxygen atoms in total. The fraction of sp³-hybridized carbons (Fsp3) is 0.281. The van der Waals surface area contributed by atoms with Gasteiger partial charge in [0.2, 0.25) is 0 Å². The number of aliphatic hydroxyl groups is 1. The Kier molecular flexibility index (Phi) is 9.32. The van der Waals surface area contributed by atoms with Crippen LogP contribution in [0.4, 0.5) is 13.2 Å². The van der Waals surface area contributed by atoms with E-state index in [1.54, 1.807) is 53.8 Å². The van der Waals surface area contributed by atoms with Gasteiger partial charge in [-0.3, -0.25) is 19.1 Å². The van der Waals surface area contributed by atoms with E-state index in [0.717, 1.165) is 16.8 Å². The Balaban J connectivity index is 1.58. The van der Waals surface area contributed by atoms with Crippen molar-refractivity contribution in [1.82, 2.24) is 14.9 Å². The average Bonchev–Trinajstić information content (AvgIpc) is 3.36. The van der Waals surface area contributed by atoms with E-state index in [9.17, 15) is 32.7 Å². The summed E-state index contributed by atoms with van der Waals surface area (Å²) in [7, 11) is 3.05. The van der Waals surface area contributed by atoms with Crippen LogP contribution in [0.2, 0.25) is 0 Å². The fourth-order valence-electron chi connectivity index (χ4n) is 5.42. The number of hydrogen-bond donors (Lipinski definition) is 3. The van der Waals surface area contributed by atoms with Gasteiger partial charge in [-0.25, -0.2) is 4.79 Å². The molecule has 46 heavy (non-hydrogen) atoms. The third-order valence-corrected chi connectivity index (χ3v) is 7.69. The second-order valence-electron chi connectivity index (χ2n) is 10.4. The minimum atomic E-state index is -5.29. The van der Waals surface area contributed by atoms with Crippen LogP contribution >= 0.6 is 0 Å². The molecule has 0 bridgehead atoms. The molecule has 1 aliphatic rings. The van der Waals surface area contributed by atoms with Crippen molar-refractivity contribution >= 4 is 5.91 Å². The number of carbonyl (C=O) groups excluding carboxylic acids is 1. The summed E-state index contributed by atoms with van der Waals surface area (Å²) in [5, 5.41) is 13.0. The zero-order valence-corrected chi connectivity index (χ0v) is 24.6. The van der Waals surface area contributed by atoms with Gasteiger partial charge in [0.25, 0.3) is 5.56 Å². The lowest BCUT2D eigenvalue weighted by Gasteiger charge is -2.37. The standard InChI is InChI=1S/C32H30F3N3O8/c1-43-22-12-8-20(9-13-22)31(19-6-4-3-5-7-19,21-10-14-23(44-2)15-11-21)45-18-24-27(40)26(37-29(41)32(33,34)35)28(46-24)38-17-16-25(39)36-30(38)42/h3-17,24,26-28,40H,18H2,1-2H3,(H,37,41)(H,36,39,42)/t24-,26-,27-,28-/m1/s1. The number of nitrogens with one attached hydrogen (secondary N) is 2. The first-order valence-electron chi connectivity index (χ1n) is 14.0. The number of benzene rings is 3. The smallest absolute Gasteiger partial charge is 0.471 e. The number of nitrogens with zero attached hydrogens (tertiary/aromatic N) is 1. The van der Waals surface area contributed by atoms with Gasteiger partial charge < -0.3 is 29.4 Å². The summed E-state index contributed by atoms with van der Waals surface area (Å²) >= 11 is 0. The predicted octanol–water partition coefficient (Wildman–Crippen LogP) is 2.87. The lowest BCUT2D eigenvalue weighted by Crippen LogP contribution is -2.52. The van der Waals surface area contributed by atoms with E-state index >= 15 is 0 Å². The summed E-state index contributed by atoms with van der Waals surface area (Å²) in [5.74, 6) is -1.20. The first-order valence-corrected chi connectivity index (χ1v) is 14.0. The van der Waals surface area contributed by atoms with Crippen LogP contribution in [-0.4, -0.2) is 65.8 Å². The van der Waals surface area contributed by atoms with Gasteiger partial charge in [0.05, 0.1) is 20.8 Å². The van der Waals surface area contributed by atoms with Crippen LogP contribution in [0.5, 0.6) is 11.5 Å². The van der Waals surface area contributed by atoms with Crippen molar-refractivity contribution in [3.8, 4) is 11.5 Å². The van der Waals surface area contributed by atoms with Gasteiger partial charge in [-0.1, -0.05) is 54.6 Å². The number of amides is 1. The molecule has 0 saturated carbocycles. The lowest BCUT2D eigenvalue weighted by molar-refractivity contribution is -0.175. The van der Waals surface area contributed by atoms with E-state index in [0.29, 0.717) is 28.2 Å². The lowest BCUT2D eigenvalue weighted by atomic mass is 9.80. The zero-order valence-electron chi connectivity index (χ0n) is 24.6. The van der Waals surface area contributed by atoms with Gasteiger partial charge in [0.1, 0.15) is 35.3 Å². The zero-order chi connectivity index (χ0) is 33.1. The highest BCUT2D eigenvalue weighted by Crippen LogP contribution is 2.43. The highest BCUT2D eigenvalue weighted by molar-refractivity contribution is 5.82. The van der Waals surface area contributed by atoms with Crippen LogP contribution in [0.3, 0.4) is 0 Å². The average molecular weight is 642 g/mol. The van der Waals surface area contributed by atoms with E-state index in [-0.39, 0.29) is 0 Å². The van der Waals surface area contributed by atoms with Gasteiger partial charge >= 0.3 is 17.8 Å². The molecule has 2 heterocycles. The number of methoxy groups -OCH3 is 2. The third-order valence-electron chi connectivity index (χ3n) is 7.69. The summed E-state index contributed by atoms with van der Waals surface area (Å²) in [4.78, 5) is 38.2. The Bertz CT molecular complexity index is 1710. The molecule has 3 N–H and O–H groups in total. The molecular weight excluding hydrogens is 611 g/mol. The second-order valence-corrected chi connectivity index (χ2v) is 10.4. The Morgan fingerprint density at radius 3 is 1.93 bits per heavy atom. The number of H-pyrrole nitrogens is 1. The molecule has 0 spiro atoms. The van der Waals surface area contributed by atoms with E-state index < -0.39 is 60.0 Å². The Morgan fingerprint density at radius 2 is 1.43 bits per heavy atom. The summed E-state index contributed by atoms with van der Waals surface area (Å²) in [5.41, 5.74) is -1.23. The van der Waals surface area contributed by atoms with E-state index in [4.69, 9.17) is 18.9 Å². The molecule has 1 saturated heterocycles. The molecule has 14 heteroatoms. The van der Waals surface area contributed by atoms with Crippen molar-refractivity contribution in [3.05, 3.63) is 129 Å². The fourth-order valence-corrected chi connectivity index (χ4v) is 5.42. The van der Waals surface area contributed by atoms with Gasteiger partial charge in [-0.05, 0) is 41.0 Å². The van der Waals surface area contributed by atoms with Crippen molar-refractivity contribution < 1.29 is 42.0 Å². The molecule has 0 aliphatic carbocycles. The largest absolute Gasteiger partial charge is 0.497 e. The molecule has 4 aromatic rings. The van der Waals surface area contributed by atoms with E-state index in [2.05, 4.69) is 0 Å². The molecule has 1 aliphatic heterocycles. The number of aromatic amines is 1. The molecule has 3 aromatic carbocycles. The maximum absolute atomic E-state index is 13.3. The molecule has 1 fully saturated rings. The minimum absolute atomic E-state index is 0.429. The molecule has 5 rings (SSSR count). The Labute approximate surface area is 260 Å². The van der Waals surface area contributed by atoms with Crippen LogP contribution in [-0.2, 0) is 19.9 Å². The quantitative estimate of drug-likeness (QED) is 0.225. The number of alkyl halides is 3. The molecule has 0 radical (unpaired) electrons. The molecule has 4 atom stereocenters. The van der Waals surface area contributed by atoms with Gasteiger partial charge in [-0.15, -0.1) is 0 Å². The molecular formula is C32H30F3N3O8. The van der Waals surface area contributed by atoms with Crippen molar-refractivity contribution in [2.24, 2.45) is 0 Å². The topological polar surface area (TPSA) is 141 Å². The van der Waals surface area contributed by atoms with E-state index in [1.807, 2.05) is 35.3 Å². The summed E-state index contributed by atoms with van der Waals surface area (Å²) in [6, 6.07) is 22.4. The minimum Gasteiger partial charge on any atom is -0.497 e. The number of aliphatic hydroxyl groups excluding tert-OH is 1. The highest BCUT2D eigenvalue weighted by atomic mass is 19.4. The maximum Gasteiger partial charge on any atom is 0.471 e. The number of hydrogen-bond acceptors (Lipinski definition) is 8. The SMILES string of the molecule is COc1ccc(C(OC[C@H]2O[C@@H](n3ccc(=O)[nH]c3=O)[C@H](NC(=O)C(F)(F)F)[C@@H]2O)(c2ccccc2)c2ccc(OC)cc2)cc1. The van der Waals surface area contributed by atoms with Crippen molar-refractivity contribution in [2.75, 3.05) is 20.8 Å². The van der Waals surface area contributed by atoms with Gasteiger partial charge in [0, 0.05) is 12.3 Å². The van der Waals surface area contributed by atoms with Crippen molar-refractivity contribution in [1.29, 1.82) is 0 Å². The third kappa shape index (κ3) is 6.40. The number of halogens is 3. The molecule has 1 amide bonds. The number of carbonyl (C=O) groups is 1. The van der Waals surface area contributed by atoms with E-state index in [1.165, 1.54) is 14.2 Å².